The van der Waals surface area contributed by atoms with E-state index < -0.39 is 0 Å². The first kappa shape index (κ1) is 26.1. The summed E-state index contributed by atoms with van der Waals surface area (Å²) in [6.07, 6.45) is 1.99. The number of likely N-dealkylation sites (tertiary alicyclic amines) is 1. The molecule has 2 aromatic carbocycles. The number of carbonyl (C=O) groups is 1. The number of guanidine groups is 1. The highest BCUT2D eigenvalue weighted by Gasteiger charge is 2.20. The number of nitrogens with one attached hydrogen (secondary N) is 2. The van der Waals surface area contributed by atoms with E-state index in [1.54, 1.807) is 25.1 Å². The number of rotatable bonds is 7. The van der Waals surface area contributed by atoms with Crippen molar-refractivity contribution in [1.29, 1.82) is 0 Å². The van der Waals surface area contributed by atoms with Gasteiger partial charge in [-0.3, -0.25) is 9.69 Å². The zero-order valence-electron chi connectivity index (χ0n) is 18.8. The van der Waals surface area contributed by atoms with Crippen LogP contribution in [0.3, 0.4) is 0 Å². The lowest BCUT2D eigenvalue weighted by molar-refractivity contribution is -0.127. The number of benzene rings is 2. The molecule has 0 aromatic heterocycles. The standard InChI is InChI=1S/C24H32FN5O.HI/c1-29(2)23(31)17-27-24(26-16-20-9-6-10-21(25)15-20)28-22-11-13-30(14-12-22)18-19-7-4-3-5-8-19;/h3-10,15,22H,11-14,16-18H2,1-2H3,(H2,26,27,28);1H. The Balaban J connectivity index is 0.00000363. The molecule has 0 bridgehead atoms. The Morgan fingerprint density at radius 3 is 2.44 bits per heavy atom. The van der Waals surface area contributed by atoms with Gasteiger partial charge in [-0.25, -0.2) is 9.38 Å². The van der Waals surface area contributed by atoms with Crippen molar-refractivity contribution >= 4 is 35.8 Å². The second-order valence-electron chi connectivity index (χ2n) is 8.12. The summed E-state index contributed by atoms with van der Waals surface area (Å²) in [5.74, 6) is 0.280. The molecule has 6 nitrogen and oxygen atoms in total. The molecular formula is C24H33FIN5O. The number of hydrogen-bond donors (Lipinski definition) is 2. The first-order valence-electron chi connectivity index (χ1n) is 10.8. The molecule has 0 saturated carbocycles. The summed E-state index contributed by atoms with van der Waals surface area (Å²) in [6, 6.07) is 17.2. The van der Waals surface area contributed by atoms with Crippen molar-refractivity contribution in [3.63, 3.8) is 0 Å². The largest absolute Gasteiger partial charge is 0.354 e. The van der Waals surface area contributed by atoms with Gasteiger partial charge in [-0.1, -0.05) is 42.5 Å². The van der Waals surface area contributed by atoms with Gasteiger partial charge < -0.3 is 15.5 Å². The molecule has 32 heavy (non-hydrogen) atoms. The molecule has 174 valence electrons. The third-order valence-corrected chi connectivity index (χ3v) is 5.39. The monoisotopic (exact) mass is 553 g/mol. The first-order valence-corrected chi connectivity index (χ1v) is 10.8. The van der Waals surface area contributed by atoms with Crippen LogP contribution in [0.15, 0.2) is 59.6 Å². The van der Waals surface area contributed by atoms with Crippen LogP contribution in [0.4, 0.5) is 4.39 Å². The summed E-state index contributed by atoms with van der Waals surface area (Å²) < 4.78 is 13.5. The predicted octanol–water partition coefficient (Wildman–Crippen LogP) is 3.23. The van der Waals surface area contributed by atoms with E-state index in [1.165, 1.54) is 17.7 Å². The van der Waals surface area contributed by atoms with Crippen molar-refractivity contribution in [3.8, 4) is 0 Å². The average molecular weight is 553 g/mol. The topological polar surface area (TPSA) is 60.0 Å². The average Bonchev–Trinajstić information content (AvgIpc) is 2.77. The first-order chi connectivity index (χ1) is 15.0. The van der Waals surface area contributed by atoms with Crippen molar-refractivity contribution in [2.75, 3.05) is 33.7 Å². The lowest BCUT2D eigenvalue weighted by atomic mass is 10.0. The maximum Gasteiger partial charge on any atom is 0.241 e. The van der Waals surface area contributed by atoms with Gasteiger partial charge in [0, 0.05) is 39.8 Å². The van der Waals surface area contributed by atoms with E-state index in [4.69, 9.17) is 0 Å². The van der Waals surface area contributed by atoms with E-state index >= 15 is 0 Å². The molecule has 0 spiro atoms. The van der Waals surface area contributed by atoms with Gasteiger partial charge in [-0.15, -0.1) is 24.0 Å². The summed E-state index contributed by atoms with van der Waals surface area (Å²) in [5.41, 5.74) is 2.12. The highest BCUT2D eigenvalue weighted by Crippen LogP contribution is 2.14. The van der Waals surface area contributed by atoms with E-state index in [9.17, 15) is 9.18 Å². The van der Waals surface area contributed by atoms with Crippen molar-refractivity contribution in [1.82, 2.24) is 20.4 Å². The zero-order chi connectivity index (χ0) is 22.1. The lowest BCUT2D eigenvalue weighted by Gasteiger charge is -2.33. The van der Waals surface area contributed by atoms with Crippen LogP contribution < -0.4 is 10.6 Å². The van der Waals surface area contributed by atoms with E-state index in [0.29, 0.717) is 12.5 Å². The predicted molar refractivity (Wildman–Crippen MR) is 138 cm³/mol. The molecule has 1 saturated heterocycles. The fourth-order valence-corrected chi connectivity index (χ4v) is 3.55. The Kier molecular flexibility index (Phi) is 10.9. The zero-order valence-corrected chi connectivity index (χ0v) is 21.1. The van der Waals surface area contributed by atoms with E-state index in [0.717, 1.165) is 38.0 Å². The third-order valence-electron chi connectivity index (χ3n) is 5.39. The van der Waals surface area contributed by atoms with Crippen LogP contribution in [0.5, 0.6) is 0 Å². The number of hydrogen-bond acceptors (Lipinski definition) is 3. The molecule has 0 unspecified atom stereocenters. The number of halogens is 2. The van der Waals surface area contributed by atoms with E-state index in [1.807, 2.05) is 12.1 Å². The molecule has 0 aliphatic carbocycles. The summed E-state index contributed by atoms with van der Waals surface area (Å²) in [7, 11) is 3.45. The fourth-order valence-electron chi connectivity index (χ4n) is 3.55. The fraction of sp³-hybridized carbons (Fsp3) is 0.417. The minimum atomic E-state index is -0.274. The third kappa shape index (κ3) is 8.74. The molecule has 1 amide bonds. The van der Waals surface area contributed by atoms with Crippen molar-refractivity contribution < 1.29 is 9.18 Å². The maximum atomic E-state index is 13.5. The number of likely N-dealkylation sites (N-methyl/N-ethyl adjacent to an activating group) is 1. The molecule has 1 fully saturated rings. The number of carbonyl (C=O) groups excluding carboxylic acids is 1. The summed E-state index contributed by atoms with van der Waals surface area (Å²) in [5, 5.41) is 6.59. The molecule has 2 N–H and O–H groups in total. The van der Waals surface area contributed by atoms with Gasteiger partial charge in [0.15, 0.2) is 5.96 Å². The molecule has 1 aliphatic heterocycles. The number of piperidine rings is 1. The normalized spacial score (nSPS) is 15.0. The maximum absolute atomic E-state index is 13.5. The molecule has 1 heterocycles. The van der Waals surface area contributed by atoms with E-state index in [2.05, 4.69) is 44.8 Å². The number of nitrogens with zero attached hydrogens (tertiary/aromatic N) is 3. The van der Waals surface area contributed by atoms with Crippen LogP contribution in [-0.2, 0) is 17.9 Å². The van der Waals surface area contributed by atoms with Gasteiger partial charge in [-0.2, -0.15) is 0 Å². The molecule has 2 aromatic rings. The van der Waals surface area contributed by atoms with Crippen LogP contribution in [0.25, 0.3) is 0 Å². The quantitative estimate of drug-likeness (QED) is 0.314. The minimum Gasteiger partial charge on any atom is -0.354 e. The SMILES string of the molecule is CN(C)C(=O)CNC(=NCc1cccc(F)c1)NC1CCN(Cc2ccccc2)CC1.I. The Morgan fingerprint density at radius 2 is 1.78 bits per heavy atom. The molecule has 3 rings (SSSR count). The van der Waals surface area contributed by atoms with Crippen LogP contribution in [0.1, 0.15) is 24.0 Å². The smallest absolute Gasteiger partial charge is 0.241 e. The van der Waals surface area contributed by atoms with Crippen molar-refractivity contribution in [2.24, 2.45) is 4.99 Å². The van der Waals surface area contributed by atoms with Crippen molar-refractivity contribution in [2.45, 2.75) is 32.0 Å². The summed E-state index contributed by atoms with van der Waals surface area (Å²) in [6.45, 7) is 3.47. The Labute approximate surface area is 207 Å². The van der Waals surface area contributed by atoms with Crippen molar-refractivity contribution in [3.05, 3.63) is 71.5 Å². The molecular weight excluding hydrogens is 520 g/mol. The van der Waals surface area contributed by atoms with Gasteiger partial charge in [0.05, 0.1) is 13.1 Å². The van der Waals surface area contributed by atoms with Crippen LogP contribution in [-0.4, -0.2) is 61.4 Å². The van der Waals surface area contributed by atoms with Crippen LogP contribution >= 0.6 is 24.0 Å². The van der Waals surface area contributed by atoms with Gasteiger partial charge >= 0.3 is 0 Å². The van der Waals surface area contributed by atoms with Crippen LogP contribution in [0, 0.1) is 5.82 Å². The van der Waals surface area contributed by atoms with E-state index in [-0.39, 0.29) is 48.3 Å². The highest BCUT2D eigenvalue weighted by molar-refractivity contribution is 14.0. The van der Waals surface area contributed by atoms with Gasteiger partial charge in [-0.05, 0) is 36.1 Å². The Hall–Kier alpha value is -2.20. The molecule has 0 atom stereocenters. The van der Waals surface area contributed by atoms with Gasteiger partial charge in [0.25, 0.3) is 0 Å². The minimum absolute atomic E-state index is 0. The summed E-state index contributed by atoms with van der Waals surface area (Å²) in [4.78, 5) is 20.6. The summed E-state index contributed by atoms with van der Waals surface area (Å²) >= 11 is 0. The number of aliphatic imine (C=N–C) groups is 1. The molecule has 8 heteroatoms. The second-order valence-corrected chi connectivity index (χ2v) is 8.12. The Bertz CT molecular complexity index is 870. The number of amides is 1. The molecule has 0 radical (unpaired) electrons. The van der Waals surface area contributed by atoms with Gasteiger partial charge in [0.1, 0.15) is 5.82 Å². The molecule has 1 aliphatic rings. The van der Waals surface area contributed by atoms with Crippen LogP contribution in [0.2, 0.25) is 0 Å². The highest BCUT2D eigenvalue weighted by atomic mass is 127. The Morgan fingerprint density at radius 1 is 1.09 bits per heavy atom. The second kappa shape index (κ2) is 13.4. The van der Waals surface area contributed by atoms with Gasteiger partial charge in [0.2, 0.25) is 5.91 Å². The lowest BCUT2D eigenvalue weighted by Crippen LogP contribution is -2.50.